The monoisotopic (exact) mass is 245 g/mol. The van der Waals surface area contributed by atoms with Crippen LogP contribution in [0, 0.1) is 0 Å². The van der Waals surface area contributed by atoms with Crippen LogP contribution in [-0.4, -0.2) is 32.1 Å². The lowest BCUT2D eigenvalue weighted by molar-refractivity contribution is 0.446. The number of aromatic nitrogens is 4. The van der Waals surface area contributed by atoms with Crippen LogP contribution in [0.5, 0.6) is 0 Å². The van der Waals surface area contributed by atoms with Crippen molar-refractivity contribution in [1.29, 1.82) is 0 Å². The van der Waals surface area contributed by atoms with Crippen LogP contribution < -0.4 is 5.32 Å². The van der Waals surface area contributed by atoms with E-state index in [-0.39, 0.29) is 0 Å². The maximum Gasteiger partial charge on any atom is 0.176 e. The molecule has 2 aromatic rings. The molecule has 0 spiro atoms. The lowest BCUT2D eigenvalue weighted by atomic mass is 10.1. The highest BCUT2D eigenvalue weighted by atomic mass is 15.1. The van der Waals surface area contributed by atoms with Crippen molar-refractivity contribution in [2.24, 2.45) is 0 Å². The van der Waals surface area contributed by atoms with Crippen LogP contribution in [0.25, 0.3) is 11.6 Å². The van der Waals surface area contributed by atoms with Gasteiger partial charge in [-0.2, -0.15) is 0 Å². The average molecular weight is 245 g/mol. The minimum absolute atomic E-state index is 0.551. The first-order chi connectivity index (χ1) is 8.93. The first-order valence-corrected chi connectivity index (χ1v) is 6.68. The molecule has 3 rings (SSSR count). The first-order valence-electron chi connectivity index (χ1n) is 6.68. The van der Waals surface area contributed by atoms with Gasteiger partial charge in [0.15, 0.2) is 11.6 Å². The van der Waals surface area contributed by atoms with E-state index in [0.717, 1.165) is 24.7 Å². The van der Waals surface area contributed by atoms with Crippen molar-refractivity contribution >= 4 is 0 Å². The van der Waals surface area contributed by atoms with E-state index in [1.54, 1.807) is 6.20 Å². The van der Waals surface area contributed by atoms with E-state index in [1.807, 2.05) is 18.6 Å². The van der Waals surface area contributed by atoms with Gasteiger partial charge in [0.05, 0.1) is 0 Å². The largest absolute Gasteiger partial charge is 0.342 e. The Labute approximate surface area is 107 Å². The highest BCUT2D eigenvalue weighted by Gasteiger charge is 2.15. The Kier molecular flexibility index (Phi) is 3.41. The zero-order valence-electron chi connectivity index (χ0n) is 10.5. The number of rotatable bonds is 3. The summed E-state index contributed by atoms with van der Waals surface area (Å²) >= 11 is 0. The highest BCUT2D eigenvalue weighted by Crippen LogP contribution is 2.15. The van der Waals surface area contributed by atoms with Gasteiger partial charge >= 0.3 is 0 Å². The minimum Gasteiger partial charge on any atom is -0.342 e. The van der Waals surface area contributed by atoms with Gasteiger partial charge in [0, 0.05) is 37.4 Å². The van der Waals surface area contributed by atoms with Gasteiger partial charge in [0.25, 0.3) is 0 Å². The van der Waals surface area contributed by atoms with Crippen molar-refractivity contribution < 1.29 is 0 Å². The molecule has 1 unspecified atom stereocenters. The molecule has 0 radical (unpaired) electrons. The lowest BCUT2D eigenvalue weighted by Crippen LogP contribution is -2.32. The van der Waals surface area contributed by atoms with E-state index >= 15 is 0 Å². The number of nitrogens with one attached hydrogen (secondary N) is 2. The summed E-state index contributed by atoms with van der Waals surface area (Å²) in [4.78, 5) is 11.8. The molecule has 0 bridgehead atoms. The van der Waals surface area contributed by atoms with Crippen LogP contribution in [0.2, 0.25) is 0 Å². The van der Waals surface area contributed by atoms with Crippen LogP contribution in [0.3, 0.4) is 0 Å². The first kappa shape index (κ1) is 11.5. The second kappa shape index (κ2) is 5.35. The molecule has 96 valence electrons. The molecule has 5 nitrogen and oxygen atoms in total. The van der Waals surface area contributed by atoms with Gasteiger partial charge < -0.3 is 14.9 Å². The van der Waals surface area contributed by atoms with Crippen molar-refractivity contribution in [3.63, 3.8) is 0 Å². The molecule has 0 saturated carbocycles. The van der Waals surface area contributed by atoms with Crippen LogP contribution in [0.1, 0.15) is 25.7 Å². The van der Waals surface area contributed by atoms with E-state index in [0.29, 0.717) is 6.04 Å². The predicted molar refractivity (Wildman–Crippen MR) is 70.1 cm³/mol. The summed E-state index contributed by atoms with van der Waals surface area (Å²) in [6.45, 7) is 2.10. The quantitative estimate of drug-likeness (QED) is 0.867. The van der Waals surface area contributed by atoms with Crippen molar-refractivity contribution in [2.45, 2.75) is 38.3 Å². The Morgan fingerprint density at radius 2 is 2.22 bits per heavy atom. The molecule has 0 aliphatic carbocycles. The van der Waals surface area contributed by atoms with E-state index in [2.05, 4.69) is 24.8 Å². The van der Waals surface area contributed by atoms with Crippen molar-refractivity contribution in [2.75, 3.05) is 6.54 Å². The number of aromatic amines is 1. The third-order valence-corrected chi connectivity index (χ3v) is 3.50. The maximum atomic E-state index is 4.39. The standard InChI is InChI=1S/C13H19N5/c1-2-4-11(14-5-3-1)10-18-9-8-17-13(18)12-15-6-7-16-12/h6-9,11,14H,1-5,10H2,(H,15,16). The van der Waals surface area contributed by atoms with E-state index in [9.17, 15) is 0 Å². The molecule has 18 heavy (non-hydrogen) atoms. The molecule has 1 aliphatic rings. The van der Waals surface area contributed by atoms with Gasteiger partial charge in [-0.3, -0.25) is 0 Å². The summed E-state index contributed by atoms with van der Waals surface area (Å²) in [7, 11) is 0. The molecule has 1 saturated heterocycles. The minimum atomic E-state index is 0.551. The normalized spacial score (nSPS) is 20.8. The maximum absolute atomic E-state index is 4.39. The van der Waals surface area contributed by atoms with Crippen molar-refractivity contribution in [3.8, 4) is 11.6 Å². The Balaban J connectivity index is 1.74. The SMILES string of the molecule is c1c[nH]c(-c2nccn2CC2CCCCCN2)n1. The fourth-order valence-corrected chi connectivity index (χ4v) is 2.56. The smallest absolute Gasteiger partial charge is 0.176 e. The summed E-state index contributed by atoms with van der Waals surface area (Å²) in [5, 5.41) is 3.61. The molecule has 0 amide bonds. The molecule has 0 aromatic carbocycles. The fraction of sp³-hybridized carbons (Fsp3) is 0.538. The Hall–Kier alpha value is -1.62. The zero-order valence-corrected chi connectivity index (χ0v) is 10.5. The molecular formula is C13H19N5. The topological polar surface area (TPSA) is 58.5 Å². The predicted octanol–water partition coefficient (Wildman–Crippen LogP) is 1.81. The van der Waals surface area contributed by atoms with Gasteiger partial charge in [-0.05, 0) is 19.4 Å². The number of hydrogen-bond donors (Lipinski definition) is 2. The summed E-state index contributed by atoms with van der Waals surface area (Å²) in [6, 6.07) is 0.551. The average Bonchev–Trinajstić information content (AvgIpc) is 2.97. The number of imidazole rings is 2. The second-order valence-electron chi connectivity index (χ2n) is 4.84. The molecule has 5 heteroatoms. The van der Waals surface area contributed by atoms with Crippen LogP contribution in [0.15, 0.2) is 24.8 Å². The van der Waals surface area contributed by atoms with Gasteiger partial charge in [-0.25, -0.2) is 9.97 Å². The highest BCUT2D eigenvalue weighted by molar-refractivity contribution is 5.43. The fourth-order valence-electron chi connectivity index (χ4n) is 2.56. The molecule has 1 aliphatic heterocycles. The van der Waals surface area contributed by atoms with Gasteiger partial charge in [-0.15, -0.1) is 0 Å². The molecule has 3 heterocycles. The van der Waals surface area contributed by atoms with Gasteiger partial charge in [-0.1, -0.05) is 12.8 Å². The van der Waals surface area contributed by atoms with E-state index in [1.165, 1.54) is 25.7 Å². The summed E-state index contributed by atoms with van der Waals surface area (Å²) < 4.78 is 2.18. The van der Waals surface area contributed by atoms with Crippen molar-refractivity contribution in [1.82, 2.24) is 24.8 Å². The molecule has 1 atom stereocenters. The Bertz CT molecular complexity index is 465. The van der Waals surface area contributed by atoms with Crippen molar-refractivity contribution in [3.05, 3.63) is 24.8 Å². The third kappa shape index (κ3) is 2.46. The van der Waals surface area contributed by atoms with E-state index in [4.69, 9.17) is 0 Å². The number of H-pyrrole nitrogens is 1. The Morgan fingerprint density at radius 3 is 3.11 bits per heavy atom. The Morgan fingerprint density at radius 1 is 1.22 bits per heavy atom. The van der Waals surface area contributed by atoms with Crippen LogP contribution in [0.4, 0.5) is 0 Å². The summed E-state index contributed by atoms with van der Waals surface area (Å²) in [5.41, 5.74) is 0. The molecule has 1 fully saturated rings. The molecular weight excluding hydrogens is 226 g/mol. The molecule has 2 N–H and O–H groups in total. The van der Waals surface area contributed by atoms with Gasteiger partial charge in [0.1, 0.15) is 0 Å². The summed E-state index contributed by atoms with van der Waals surface area (Å²) in [5.74, 6) is 1.76. The van der Waals surface area contributed by atoms with E-state index < -0.39 is 0 Å². The van der Waals surface area contributed by atoms with Crippen LogP contribution >= 0.6 is 0 Å². The number of nitrogens with zero attached hydrogens (tertiary/aromatic N) is 3. The molecule has 2 aromatic heterocycles. The second-order valence-corrected chi connectivity index (χ2v) is 4.84. The zero-order chi connectivity index (χ0) is 12.2. The number of hydrogen-bond acceptors (Lipinski definition) is 3. The van der Waals surface area contributed by atoms with Gasteiger partial charge in [0.2, 0.25) is 0 Å². The third-order valence-electron chi connectivity index (χ3n) is 3.50. The lowest BCUT2D eigenvalue weighted by Gasteiger charge is -2.17. The van der Waals surface area contributed by atoms with Crippen LogP contribution in [-0.2, 0) is 6.54 Å². The summed E-state index contributed by atoms with van der Waals surface area (Å²) in [6.07, 6.45) is 12.7.